The monoisotopic (exact) mass is 337 g/mol. The molecule has 2 aromatic rings. The van der Waals surface area contributed by atoms with Crippen LogP contribution in [0.25, 0.3) is 0 Å². The predicted molar refractivity (Wildman–Crippen MR) is 83.0 cm³/mol. The average Bonchev–Trinajstić information content (AvgIpc) is 2.37. The molecule has 0 radical (unpaired) electrons. The molecule has 2 nitrogen and oxygen atoms in total. The molecule has 0 atom stereocenters. The van der Waals surface area contributed by atoms with Crippen LogP contribution in [0.2, 0.25) is 5.02 Å². The van der Waals surface area contributed by atoms with Crippen LogP contribution in [0, 0.1) is 13.8 Å². The number of hydrogen-bond acceptors (Lipinski definition) is 1. The largest absolute Gasteiger partial charge is 0.322 e. The molecule has 0 aliphatic carbocycles. The summed E-state index contributed by atoms with van der Waals surface area (Å²) in [7, 11) is 0. The molecular formula is C15H13BrClNO. The van der Waals surface area contributed by atoms with E-state index in [0.717, 1.165) is 21.3 Å². The van der Waals surface area contributed by atoms with E-state index in [9.17, 15) is 4.79 Å². The molecule has 0 fully saturated rings. The third-order valence-corrected chi connectivity index (χ3v) is 3.99. The lowest BCUT2D eigenvalue weighted by molar-refractivity contribution is 0.102. The fourth-order valence-electron chi connectivity index (χ4n) is 1.71. The summed E-state index contributed by atoms with van der Waals surface area (Å²) in [6.07, 6.45) is 0. The number of rotatable bonds is 2. The van der Waals surface area contributed by atoms with Crippen LogP contribution in [0.5, 0.6) is 0 Å². The zero-order chi connectivity index (χ0) is 14.0. The normalized spacial score (nSPS) is 10.3. The van der Waals surface area contributed by atoms with Gasteiger partial charge in [-0.25, -0.2) is 0 Å². The summed E-state index contributed by atoms with van der Waals surface area (Å²) in [5.74, 6) is -0.138. The molecule has 19 heavy (non-hydrogen) atoms. The Morgan fingerprint density at radius 2 is 1.84 bits per heavy atom. The molecule has 0 aliphatic heterocycles. The maximum atomic E-state index is 12.2. The molecule has 0 spiro atoms. The highest BCUT2D eigenvalue weighted by Crippen LogP contribution is 2.22. The third-order valence-electron chi connectivity index (χ3n) is 2.87. The van der Waals surface area contributed by atoms with Crippen LogP contribution in [0.15, 0.2) is 40.9 Å². The second-order valence-corrected chi connectivity index (χ2v) is 5.67. The maximum Gasteiger partial charge on any atom is 0.255 e. The van der Waals surface area contributed by atoms with Crippen LogP contribution < -0.4 is 5.32 Å². The van der Waals surface area contributed by atoms with Crippen LogP contribution >= 0.6 is 27.5 Å². The van der Waals surface area contributed by atoms with Gasteiger partial charge in [0.1, 0.15) is 0 Å². The van der Waals surface area contributed by atoms with Crippen molar-refractivity contribution in [3.05, 3.63) is 62.6 Å². The zero-order valence-corrected chi connectivity index (χ0v) is 13.0. The Morgan fingerprint density at radius 1 is 1.11 bits per heavy atom. The number of nitrogens with one attached hydrogen (secondary N) is 1. The minimum atomic E-state index is -0.138. The predicted octanol–water partition coefficient (Wildman–Crippen LogP) is 4.97. The molecule has 2 aromatic carbocycles. The number of benzene rings is 2. The molecule has 1 N–H and O–H groups in total. The summed E-state index contributed by atoms with van der Waals surface area (Å²) >= 11 is 9.35. The van der Waals surface area contributed by atoms with Crippen molar-refractivity contribution >= 4 is 39.1 Å². The van der Waals surface area contributed by atoms with Gasteiger partial charge in [0.15, 0.2) is 0 Å². The first kappa shape index (κ1) is 14.1. The van der Waals surface area contributed by atoms with Crippen molar-refractivity contribution in [1.82, 2.24) is 0 Å². The third kappa shape index (κ3) is 3.37. The molecule has 4 heteroatoms. The molecule has 0 heterocycles. The Bertz CT molecular complexity index is 640. The van der Waals surface area contributed by atoms with Crippen molar-refractivity contribution in [3.8, 4) is 0 Å². The molecule has 0 saturated carbocycles. The van der Waals surface area contributed by atoms with Crippen molar-refractivity contribution in [1.29, 1.82) is 0 Å². The fraction of sp³-hybridized carbons (Fsp3) is 0.133. The Morgan fingerprint density at radius 3 is 2.53 bits per heavy atom. The Hall–Kier alpha value is -1.32. The number of hydrogen-bond donors (Lipinski definition) is 1. The van der Waals surface area contributed by atoms with Crippen LogP contribution in [0.4, 0.5) is 5.69 Å². The number of halogens is 2. The quantitative estimate of drug-likeness (QED) is 0.823. The summed E-state index contributed by atoms with van der Waals surface area (Å²) < 4.78 is 0.989. The summed E-state index contributed by atoms with van der Waals surface area (Å²) in [5.41, 5.74) is 3.36. The van der Waals surface area contributed by atoms with Crippen molar-refractivity contribution in [2.24, 2.45) is 0 Å². The molecule has 0 saturated heterocycles. The minimum absolute atomic E-state index is 0.138. The number of carbonyl (C=O) groups is 1. The second-order valence-electron chi connectivity index (χ2n) is 4.38. The molecule has 1 amide bonds. The number of anilines is 1. The van der Waals surface area contributed by atoms with Crippen molar-refractivity contribution in [3.63, 3.8) is 0 Å². The first-order valence-corrected chi connectivity index (χ1v) is 6.98. The van der Waals surface area contributed by atoms with Gasteiger partial charge in [-0.1, -0.05) is 33.6 Å². The lowest BCUT2D eigenvalue weighted by Gasteiger charge is -2.09. The van der Waals surface area contributed by atoms with Gasteiger partial charge in [0, 0.05) is 20.7 Å². The molecule has 0 aliphatic rings. The van der Waals surface area contributed by atoms with Crippen LogP contribution in [-0.2, 0) is 0 Å². The SMILES string of the molecule is Cc1cc(C(=O)Nc2cc(Cl)ccc2C)ccc1Br. The minimum Gasteiger partial charge on any atom is -0.322 e. The molecule has 98 valence electrons. The van der Waals surface area contributed by atoms with E-state index in [0.29, 0.717) is 10.6 Å². The topological polar surface area (TPSA) is 29.1 Å². The summed E-state index contributed by atoms with van der Waals surface area (Å²) in [6.45, 7) is 3.88. The first-order chi connectivity index (χ1) is 8.97. The molecule has 0 bridgehead atoms. The van der Waals surface area contributed by atoms with Gasteiger partial charge >= 0.3 is 0 Å². The standard InChI is InChI=1S/C15H13BrClNO/c1-9-3-5-12(17)8-14(9)18-15(19)11-4-6-13(16)10(2)7-11/h3-8H,1-2H3,(H,18,19). The van der Waals surface area contributed by atoms with E-state index in [1.807, 2.05) is 32.0 Å². The number of amides is 1. The lowest BCUT2D eigenvalue weighted by atomic mass is 10.1. The molecular weight excluding hydrogens is 326 g/mol. The van der Waals surface area contributed by atoms with E-state index in [1.54, 1.807) is 18.2 Å². The van der Waals surface area contributed by atoms with E-state index < -0.39 is 0 Å². The van der Waals surface area contributed by atoms with Gasteiger partial charge in [-0.15, -0.1) is 0 Å². The van der Waals surface area contributed by atoms with E-state index in [-0.39, 0.29) is 5.91 Å². The van der Waals surface area contributed by atoms with Gasteiger partial charge in [0.25, 0.3) is 5.91 Å². The van der Waals surface area contributed by atoms with Crippen LogP contribution in [0.3, 0.4) is 0 Å². The second kappa shape index (κ2) is 5.76. The van der Waals surface area contributed by atoms with Crippen molar-refractivity contribution in [2.75, 3.05) is 5.32 Å². The highest BCUT2D eigenvalue weighted by atomic mass is 79.9. The van der Waals surface area contributed by atoms with E-state index in [4.69, 9.17) is 11.6 Å². The average molecular weight is 339 g/mol. The summed E-state index contributed by atoms with van der Waals surface area (Å²) in [5, 5.41) is 3.48. The Labute approximate surface area is 125 Å². The highest BCUT2D eigenvalue weighted by Gasteiger charge is 2.09. The van der Waals surface area contributed by atoms with Gasteiger partial charge in [-0.3, -0.25) is 4.79 Å². The first-order valence-electron chi connectivity index (χ1n) is 5.81. The zero-order valence-electron chi connectivity index (χ0n) is 10.6. The lowest BCUT2D eigenvalue weighted by Crippen LogP contribution is -2.12. The Kier molecular flexibility index (Phi) is 4.27. The number of carbonyl (C=O) groups excluding carboxylic acids is 1. The molecule has 0 unspecified atom stereocenters. The van der Waals surface area contributed by atoms with E-state index in [1.165, 1.54) is 0 Å². The van der Waals surface area contributed by atoms with Crippen LogP contribution in [-0.4, -0.2) is 5.91 Å². The fourth-order valence-corrected chi connectivity index (χ4v) is 2.13. The van der Waals surface area contributed by atoms with Gasteiger partial charge in [-0.2, -0.15) is 0 Å². The van der Waals surface area contributed by atoms with Crippen molar-refractivity contribution in [2.45, 2.75) is 13.8 Å². The van der Waals surface area contributed by atoms with Gasteiger partial charge in [0.2, 0.25) is 0 Å². The molecule has 0 aromatic heterocycles. The van der Waals surface area contributed by atoms with E-state index >= 15 is 0 Å². The smallest absolute Gasteiger partial charge is 0.255 e. The Balaban J connectivity index is 2.25. The highest BCUT2D eigenvalue weighted by molar-refractivity contribution is 9.10. The van der Waals surface area contributed by atoms with Gasteiger partial charge < -0.3 is 5.32 Å². The summed E-state index contributed by atoms with van der Waals surface area (Å²) in [6, 6.07) is 10.9. The van der Waals surface area contributed by atoms with Gasteiger partial charge in [-0.05, 0) is 55.3 Å². The van der Waals surface area contributed by atoms with Gasteiger partial charge in [0.05, 0.1) is 0 Å². The van der Waals surface area contributed by atoms with E-state index in [2.05, 4.69) is 21.2 Å². The molecule has 2 rings (SSSR count). The maximum absolute atomic E-state index is 12.2. The summed E-state index contributed by atoms with van der Waals surface area (Å²) in [4.78, 5) is 12.2. The van der Waals surface area contributed by atoms with Crippen molar-refractivity contribution < 1.29 is 4.79 Å². The number of aryl methyl sites for hydroxylation is 2. The van der Waals surface area contributed by atoms with Crippen LogP contribution in [0.1, 0.15) is 21.5 Å².